The number of aromatic nitrogens is 2. The van der Waals surface area contributed by atoms with E-state index in [4.69, 9.17) is 4.74 Å². The molecule has 1 aromatic heterocycles. The van der Waals surface area contributed by atoms with Crippen molar-refractivity contribution in [1.29, 1.82) is 0 Å². The molecule has 2 N–H and O–H groups in total. The van der Waals surface area contributed by atoms with Crippen LogP contribution in [0.15, 0.2) is 24.3 Å². The van der Waals surface area contributed by atoms with E-state index in [0.29, 0.717) is 23.4 Å². The van der Waals surface area contributed by atoms with Crippen LogP contribution >= 0.6 is 0 Å². The lowest BCUT2D eigenvalue weighted by molar-refractivity contribution is -0.166. The van der Waals surface area contributed by atoms with Gasteiger partial charge >= 0.3 is 5.97 Å². The Kier molecular flexibility index (Phi) is 6.12. The van der Waals surface area contributed by atoms with Gasteiger partial charge in [0.2, 0.25) is 0 Å². The fourth-order valence-corrected chi connectivity index (χ4v) is 2.61. The van der Waals surface area contributed by atoms with Gasteiger partial charge in [0.15, 0.2) is 5.69 Å². The van der Waals surface area contributed by atoms with Gasteiger partial charge in [-0.2, -0.15) is 5.10 Å². The SMILES string of the molecule is CCCCC(CC)COC(O)n1nc(C(=O)O)c2ccccc21. The Labute approximate surface area is 135 Å². The fraction of sp³-hybridized carbons (Fsp3) is 0.529. The van der Waals surface area contributed by atoms with E-state index in [-0.39, 0.29) is 5.69 Å². The normalized spacial score (nSPS) is 14.0. The van der Waals surface area contributed by atoms with E-state index in [1.54, 1.807) is 24.3 Å². The van der Waals surface area contributed by atoms with E-state index in [9.17, 15) is 15.0 Å². The maximum atomic E-state index is 11.3. The summed E-state index contributed by atoms with van der Waals surface area (Å²) in [5.41, 5.74) is 0.459. The Balaban J connectivity index is 2.14. The summed E-state index contributed by atoms with van der Waals surface area (Å²) in [7, 11) is 0. The highest BCUT2D eigenvalue weighted by molar-refractivity contribution is 6.01. The van der Waals surface area contributed by atoms with Crippen LogP contribution in [-0.2, 0) is 4.74 Å². The predicted octanol–water partition coefficient (Wildman–Crippen LogP) is 3.42. The van der Waals surface area contributed by atoms with Gasteiger partial charge in [0.25, 0.3) is 6.41 Å². The summed E-state index contributed by atoms with van der Waals surface area (Å²) in [5.74, 6) is -0.744. The van der Waals surface area contributed by atoms with Crippen molar-refractivity contribution in [2.45, 2.75) is 45.9 Å². The molecule has 0 aliphatic rings. The van der Waals surface area contributed by atoms with E-state index in [1.165, 1.54) is 4.68 Å². The molecule has 0 radical (unpaired) electrons. The Morgan fingerprint density at radius 1 is 1.35 bits per heavy atom. The molecule has 6 heteroatoms. The minimum atomic E-state index is -1.29. The molecule has 2 aromatic rings. The molecule has 126 valence electrons. The number of hydrogen-bond acceptors (Lipinski definition) is 4. The lowest BCUT2D eigenvalue weighted by Gasteiger charge is -2.18. The van der Waals surface area contributed by atoms with Gasteiger partial charge in [0.05, 0.1) is 12.1 Å². The van der Waals surface area contributed by atoms with Gasteiger partial charge in [-0.05, 0) is 18.4 Å². The zero-order valence-corrected chi connectivity index (χ0v) is 13.6. The van der Waals surface area contributed by atoms with Crippen molar-refractivity contribution < 1.29 is 19.7 Å². The first-order valence-corrected chi connectivity index (χ1v) is 8.08. The number of carboxylic acid groups (broad SMARTS) is 1. The molecule has 2 atom stereocenters. The summed E-state index contributed by atoms with van der Waals surface area (Å²) < 4.78 is 6.77. The summed E-state index contributed by atoms with van der Waals surface area (Å²) in [4.78, 5) is 11.3. The zero-order chi connectivity index (χ0) is 16.8. The van der Waals surface area contributed by atoms with Crippen molar-refractivity contribution in [2.24, 2.45) is 5.92 Å². The van der Waals surface area contributed by atoms with Crippen LogP contribution < -0.4 is 0 Å². The largest absolute Gasteiger partial charge is 0.476 e. The highest BCUT2D eigenvalue weighted by atomic mass is 16.6. The third kappa shape index (κ3) is 4.09. The number of ether oxygens (including phenoxy) is 1. The number of aromatic carboxylic acids is 1. The third-order valence-electron chi connectivity index (χ3n) is 4.05. The van der Waals surface area contributed by atoms with E-state index in [0.717, 1.165) is 25.7 Å². The second kappa shape index (κ2) is 8.08. The molecule has 23 heavy (non-hydrogen) atoms. The van der Waals surface area contributed by atoms with Gasteiger partial charge in [-0.25, -0.2) is 9.48 Å². The first-order chi connectivity index (χ1) is 11.1. The molecule has 0 saturated heterocycles. The highest BCUT2D eigenvalue weighted by Gasteiger charge is 2.20. The molecule has 0 spiro atoms. The summed E-state index contributed by atoms with van der Waals surface area (Å²) in [6.07, 6.45) is 3.01. The van der Waals surface area contributed by atoms with Crippen molar-refractivity contribution >= 4 is 16.9 Å². The minimum Gasteiger partial charge on any atom is -0.476 e. The maximum absolute atomic E-state index is 11.3. The number of unbranched alkanes of at least 4 members (excludes halogenated alkanes) is 1. The van der Waals surface area contributed by atoms with Crippen molar-refractivity contribution in [3.8, 4) is 0 Å². The first kappa shape index (κ1) is 17.4. The monoisotopic (exact) mass is 320 g/mol. The molecule has 0 fully saturated rings. The number of carbonyl (C=O) groups is 1. The van der Waals surface area contributed by atoms with Gasteiger partial charge in [-0.15, -0.1) is 0 Å². The van der Waals surface area contributed by atoms with Gasteiger partial charge < -0.3 is 14.9 Å². The van der Waals surface area contributed by atoms with Crippen molar-refractivity contribution in [3.05, 3.63) is 30.0 Å². The Bertz CT molecular complexity index is 653. The number of para-hydroxylation sites is 1. The van der Waals surface area contributed by atoms with Crippen molar-refractivity contribution in [2.75, 3.05) is 6.61 Å². The Morgan fingerprint density at radius 3 is 2.74 bits per heavy atom. The van der Waals surface area contributed by atoms with Crippen LogP contribution in [0.5, 0.6) is 0 Å². The van der Waals surface area contributed by atoms with Crippen molar-refractivity contribution in [3.63, 3.8) is 0 Å². The molecular formula is C17H24N2O4. The highest BCUT2D eigenvalue weighted by Crippen LogP contribution is 2.22. The molecule has 6 nitrogen and oxygen atoms in total. The smallest absolute Gasteiger partial charge is 0.357 e. The van der Waals surface area contributed by atoms with Gasteiger partial charge in [-0.3, -0.25) is 0 Å². The van der Waals surface area contributed by atoms with Crippen LogP contribution in [0.25, 0.3) is 10.9 Å². The van der Waals surface area contributed by atoms with Gasteiger partial charge in [0.1, 0.15) is 0 Å². The zero-order valence-electron chi connectivity index (χ0n) is 13.6. The van der Waals surface area contributed by atoms with Crippen LogP contribution in [0.1, 0.15) is 56.4 Å². The van der Waals surface area contributed by atoms with E-state index >= 15 is 0 Å². The Morgan fingerprint density at radius 2 is 2.09 bits per heavy atom. The Hall–Kier alpha value is -1.92. The average Bonchev–Trinajstić information content (AvgIpc) is 2.95. The molecule has 0 aliphatic heterocycles. The molecule has 2 rings (SSSR count). The first-order valence-electron chi connectivity index (χ1n) is 8.08. The summed E-state index contributed by atoms with van der Waals surface area (Å²) in [6, 6.07) is 6.90. The number of aliphatic hydroxyl groups excluding tert-OH is 1. The lowest BCUT2D eigenvalue weighted by Crippen LogP contribution is -2.18. The summed E-state index contributed by atoms with van der Waals surface area (Å²) >= 11 is 0. The quantitative estimate of drug-likeness (QED) is 0.692. The molecule has 1 aromatic carbocycles. The topological polar surface area (TPSA) is 84.6 Å². The van der Waals surface area contributed by atoms with Crippen LogP contribution in [0, 0.1) is 5.92 Å². The number of nitrogens with zero attached hydrogens (tertiary/aromatic N) is 2. The fourth-order valence-electron chi connectivity index (χ4n) is 2.61. The predicted molar refractivity (Wildman–Crippen MR) is 87.2 cm³/mol. The summed E-state index contributed by atoms with van der Waals surface area (Å²) in [6.45, 7) is 4.67. The van der Waals surface area contributed by atoms with E-state index in [2.05, 4.69) is 18.9 Å². The lowest BCUT2D eigenvalue weighted by atomic mass is 10.0. The van der Waals surface area contributed by atoms with Crippen LogP contribution in [0.3, 0.4) is 0 Å². The number of fused-ring (bicyclic) bond motifs is 1. The van der Waals surface area contributed by atoms with E-state index < -0.39 is 12.4 Å². The second-order valence-corrected chi connectivity index (χ2v) is 5.69. The second-order valence-electron chi connectivity index (χ2n) is 5.69. The number of aliphatic hydroxyl groups is 1. The molecule has 0 saturated carbocycles. The number of rotatable bonds is 9. The number of hydrogen-bond donors (Lipinski definition) is 2. The van der Waals surface area contributed by atoms with Gasteiger partial charge in [0, 0.05) is 5.39 Å². The van der Waals surface area contributed by atoms with Crippen LogP contribution in [0.2, 0.25) is 0 Å². The van der Waals surface area contributed by atoms with E-state index in [1.807, 2.05) is 0 Å². The number of benzene rings is 1. The standard InChI is InChI=1S/C17H24N2O4/c1-3-5-8-12(4-2)11-23-17(22)19-14-10-7-6-9-13(14)15(18-19)16(20)21/h6-7,9-10,12,17,22H,3-5,8,11H2,1-2H3,(H,20,21). The van der Waals surface area contributed by atoms with Crippen LogP contribution in [-0.4, -0.2) is 32.6 Å². The maximum Gasteiger partial charge on any atom is 0.357 e. The third-order valence-corrected chi connectivity index (χ3v) is 4.05. The molecule has 0 amide bonds. The average molecular weight is 320 g/mol. The van der Waals surface area contributed by atoms with Crippen molar-refractivity contribution in [1.82, 2.24) is 9.78 Å². The number of carboxylic acids is 1. The molecule has 0 bridgehead atoms. The van der Waals surface area contributed by atoms with Crippen LogP contribution in [0.4, 0.5) is 0 Å². The molecule has 1 heterocycles. The minimum absolute atomic E-state index is 0.0822. The van der Waals surface area contributed by atoms with Gasteiger partial charge in [-0.1, -0.05) is 51.3 Å². The molecule has 0 aliphatic carbocycles. The molecule has 2 unspecified atom stereocenters. The summed E-state index contributed by atoms with van der Waals surface area (Å²) in [5, 5.41) is 24.0. The molecular weight excluding hydrogens is 296 g/mol.